The summed E-state index contributed by atoms with van der Waals surface area (Å²) in [6.07, 6.45) is 6.01. The number of unbranched alkanes of at least 4 members (excludes halogenated alkanes) is 3. The molecule has 1 heterocycles. The molecule has 0 aromatic carbocycles. The van der Waals surface area contributed by atoms with Crippen molar-refractivity contribution in [1.82, 2.24) is 9.88 Å². The van der Waals surface area contributed by atoms with Crippen molar-refractivity contribution in [2.75, 3.05) is 19.7 Å². The first kappa shape index (κ1) is 16.6. The van der Waals surface area contributed by atoms with E-state index < -0.39 is 0 Å². The number of aliphatic hydroxyl groups excluding tert-OH is 1. The number of carbonyl (C=O) groups excluding carboxylic acids is 1. The Morgan fingerprint density at radius 2 is 2.15 bits per heavy atom. The third kappa shape index (κ3) is 5.27. The number of aliphatic hydroxyl groups is 1. The summed E-state index contributed by atoms with van der Waals surface area (Å²) >= 11 is 0. The van der Waals surface area contributed by atoms with Gasteiger partial charge in [-0.1, -0.05) is 26.2 Å². The first-order chi connectivity index (χ1) is 9.72. The van der Waals surface area contributed by atoms with E-state index in [4.69, 9.17) is 10.8 Å². The molecular formula is C15H25N3O2. The summed E-state index contributed by atoms with van der Waals surface area (Å²) in [5.74, 6) is -0.0624. The Bertz CT molecular complexity index is 410. The third-order valence-corrected chi connectivity index (χ3v) is 3.21. The molecule has 1 rings (SSSR count). The van der Waals surface area contributed by atoms with Crippen LogP contribution in [0.15, 0.2) is 18.3 Å². The minimum absolute atomic E-state index is 0.0195. The standard InChI is InChI=1S/C15H25N3O2/c1-2-3-4-5-8-18(9-10-19)15(20)13-6-7-17-14(11-13)12-16/h6-7,11,19H,2-5,8-10,12,16H2,1H3. The molecule has 1 aromatic rings. The van der Waals surface area contributed by atoms with E-state index >= 15 is 0 Å². The van der Waals surface area contributed by atoms with Gasteiger partial charge in [0.15, 0.2) is 0 Å². The summed E-state index contributed by atoms with van der Waals surface area (Å²) in [6, 6.07) is 3.41. The Balaban J connectivity index is 2.66. The third-order valence-electron chi connectivity index (χ3n) is 3.21. The fourth-order valence-corrected chi connectivity index (χ4v) is 2.07. The van der Waals surface area contributed by atoms with Crippen molar-refractivity contribution in [2.24, 2.45) is 5.73 Å². The number of hydrogen-bond donors (Lipinski definition) is 2. The zero-order valence-corrected chi connectivity index (χ0v) is 12.2. The fourth-order valence-electron chi connectivity index (χ4n) is 2.07. The van der Waals surface area contributed by atoms with Crippen LogP contribution in [0, 0.1) is 0 Å². The van der Waals surface area contributed by atoms with Gasteiger partial charge in [0.1, 0.15) is 0 Å². The number of hydrogen-bond acceptors (Lipinski definition) is 4. The lowest BCUT2D eigenvalue weighted by molar-refractivity contribution is 0.0718. The van der Waals surface area contributed by atoms with Crippen molar-refractivity contribution in [3.8, 4) is 0 Å². The van der Waals surface area contributed by atoms with Gasteiger partial charge in [0.2, 0.25) is 0 Å². The van der Waals surface area contributed by atoms with Gasteiger partial charge in [-0.25, -0.2) is 0 Å². The Kier molecular flexibility index (Phi) is 7.84. The molecule has 1 aromatic heterocycles. The molecule has 0 bridgehead atoms. The lowest BCUT2D eigenvalue weighted by Gasteiger charge is -2.22. The number of amides is 1. The molecule has 20 heavy (non-hydrogen) atoms. The highest BCUT2D eigenvalue weighted by Gasteiger charge is 2.15. The van der Waals surface area contributed by atoms with Crippen molar-refractivity contribution in [3.63, 3.8) is 0 Å². The summed E-state index contributed by atoms with van der Waals surface area (Å²) in [4.78, 5) is 18.2. The monoisotopic (exact) mass is 279 g/mol. The summed E-state index contributed by atoms with van der Waals surface area (Å²) in [5, 5.41) is 9.11. The maximum absolute atomic E-state index is 12.4. The van der Waals surface area contributed by atoms with E-state index in [0.29, 0.717) is 30.9 Å². The summed E-state index contributed by atoms with van der Waals surface area (Å²) in [6.45, 7) is 3.50. The van der Waals surface area contributed by atoms with Crippen LogP contribution in [0.3, 0.4) is 0 Å². The first-order valence-electron chi connectivity index (χ1n) is 7.28. The number of aromatic nitrogens is 1. The molecule has 0 aliphatic heterocycles. The normalized spacial score (nSPS) is 10.6. The molecular weight excluding hydrogens is 254 g/mol. The van der Waals surface area contributed by atoms with E-state index in [-0.39, 0.29) is 12.5 Å². The van der Waals surface area contributed by atoms with Crippen molar-refractivity contribution in [1.29, 1.82) is 0 Å². The van der Waals surface area contributed by atoms with Gasteiger partial charge in [-0.15, -0.1) is 0 Å². The van der Waals surface area contributed by atoms with Crippen LogP contribution in [0.2, 0.25) is 0 Å². The van der Waals surface area contributed by atoms with Crippen LogP contribution in [0.1, 0.15) is 48.7 Å². The van der Waals surface area contributed by atoms with Crippen LogP contribution in [-0.4, -0.2) is 40.6 Å². The van der Waals surface area contributed by atoms with Gasteiger partial charge in [0.25, 0.3) is 5.91 Å². The number of nitrogens with two attached hydrogens (primary N) is 1. The van der Waals surface area contributed by atoms with Crippen LogP contribution in [0.25, 0.3) is 0 Å². The van der Waals surface area contributed by atoms with Gasteiger partial charge in [-0.2, -0.15) is 0 Å². The Morgan fingerprint density at radius 1 is 1.35 bits per heavy atom. The predicted molar refractivity (Wildman–Crippen MR) is 79.3 cm³/mol. The second-order valence-electron chi connectivity index (χ2n) is 4.82. The van der Waals surface area contributed by atoms with Gasteiger partial charge in [0.05, 0.1) is 12.3 Å². The Hall–Kier alpha value is -1.46. The summed E-state index contributed by atoms with van der Waals surface area (Å²) in [7, 11) is 0. The molecule has 5 heteroatoms. The van der Waals surface area contributed by atoms with E-state index in [1.54, 1.807) is 23.2 Å². The number of pyridine rings is 1. The second kappa shape index (κ2) is 9.44. The molecule has 5 nitrogen and oxygen atoms in total. The number of carbonyl (C=O) groups is 1. The Morgan fingerprint density at radius 3 is 2.80 bits per heavy atom. The van der Waals surface area contributed by atoms with Gasteiger partial charge in [-0.3, -0.25) is 9.78 Å². The topological polar surface area (TPSA) is 79.5 Å². The van der Waals surface area contributed by atoms with Crippen molar-refractivity contribution in [2.45, 2.75) is 39.2 Å². The van der Waals surface area contributed by atoms with Crippen LogP contribution in [0.5, 0.6) is 0 Å². The van der Waals surface area contributed by atoms with Gasteiger partial charge in [0, 0.05) is 31.4 Å². The highest BCUT2D eigenvalue weighted by molar-refractivity contribution is 5.94. The van der Waals surface area contributed by atoms with E-state index in [9.17, 15) is 4.79 Å². The van der Waals surface area contributed by atoms with Gasteiger partial charge >= 0.3 is 0 Å². The molecule has 0 radical (unpaired) electrons. The first-order valence-corrected chi connectivity index (χ1v) is 7.28. The van der Waals surface area contributed by atoms with Crippen LogP contribution < -0.4 is 5.73 Å². The van der Waals surface area contributed by atoms with Crippen LogP contribution in [-0.2, 0) is 6.54 Å². The highest BCUT2D eigenvalue weighted by atomic mass is 16.3. The molecule has 0 spiro atoms. The van der Waals surface area contributed by atoms with Crippen molar-refractivity contribution < 1.29 is 9.90 Å². The predicted octanol–water partition coefficient (Wildman–Crippen LogP) is 1.56. The molecule has 0 atom stereocenters. The number of rotatable bonds is 9. The van der Waals surface area contributed by atoms with E-state index in [1.165, 1.54) is 6.42 Å². The maximum Gasteiger partial charge on any atom is 0.254 e. The molecule has 0 aliphatic carbocycles. The average molecular weight is 279 g/mol. The molecule has 1 amide bonds. The van der Waals surface area contributed by atoms with Gasteiger partial charge < -0.3 is 15.7 Å². The zero-order chi connectivity index (χ0) is 14.8. The minimum Gasteiger partial charge on any atom is -0.395 e. The molecule has 0 saturated heterocycles. The van der Waals surface area contributed by atoms with E-state index in [1.807, 2.05) is 0 Å². The number of nitrogens with zero attached hydrogens (tertiary/aromatic N) is 2. The van der Waals surface area contributed by atoms with E-state index in [0.717, 1.165) is 19.3 Å². The molecule has 0 saturated carbocycles. The summed E-state index contributed by atoms with van der Waals surface area (Å²) in [5.41, 5.74) is 6.83. The van der Waals surface area contributed by atoms with Crippen LogP contribution in [0.4, 0.5) is 0 Å². The smallest absolute Gasteiger partial charge is 0.254 e. The molecule has 112 valence electrons. The van der Waals surface area contributed by atoms with Crippen molar-refractivity contribution in [3.05, 3.63) is 29.6 Å². The van der Waals surface area contributed by atoms with Crippen LogP contribution >= 0.6 is 0 Å². The Labute approximate surface area is 120 Å². The fraction of sp³-hybridized carbons (Fsp3) is 0.600. The second-order valence-corrected chi connectivity index (χ2v) is 4.82. The minimum atomic E-state index is -0.0624. The summed E-state index contributed by atoms with van der Waals surface area (Å²) < 4.78 is 0. The molecule has 0 unspecified atom stereocenters. The van der Waals surface area contributed by atoms with Crippen molar-refractivity contribution >= 4 is 5.91 Å². The van der Waals surface area contributed by atoms with Gasteiger partial charge in [-0.05, 0) is 18.6 Å². The quantitative estimate of drug-likeness (QED) is 0.672. The highest BCUT2D eigenvalue weighted by Crippen LogP contribution is 2.08. The lowest BCUT2D eigenvalue weighted by atomic mass is 10.1. The molecule has 0 aliphatic rings. The lowest BCUT2D eigenvalue weighted by Crippen LogP contribution is -2.34. The maximum atomic E-state index is 12.4. The largest absolute Gasteiger partial charge is 0.395 e. The SMILES string of the molecule is CCCCCCN(CCO)C(=O)c1ccnc(CN)c1. The zero-order valence-electron chi connectivity index (χ0n) is 12.2. The average Bonchev–Trinajstić information content (AvgIpc) is 2.49. The molecule has 0 fully saturated rings. The van der Waals surface area contributed by atoms with E-state index in [2.05, 4.69) is 11.9 Å². The molecule has 3 N–H and O–H groups in total.